The number of ether oxygens (including phenoxy) is 1. The zero-order valence-electron chi connectivity index (χ0n) is 25.3. The van der Waals surface area contributed by atoms with Crippen LogP contribution < -0.4 is 15.9 Å². The third-order valence-electron chi connectivity index (χ3n) is 7.95. The standard InChI is InChI=1S/C34H37N5O5S/c1-24-6-8-25(9-7-24)14-16-36-33(40)23-39(45(42,43)31-13-11-28-10-12-30(44-2)19-29(28)20-31)32-15-17-38(34(32)41)22-27-5-3-4-26(18-27)21-37-35/h3-13,18-21,32H,14-17,22-23,35H2,1-2H3,(H,36,40)/t32-/m0/s1. The smallest absolute Gasteiger partial charge is 0.244 e. The largest absolute Gasteiger partial charge is 0.497 e. The summed E-state index contributed by atoms with van der Waals surface area (Å²) < 4.78 is 34.8. The Morgan fingerprint density at radius 3 is 2.58 bits per heavy atom. The van der Waals surface area contributed by atoms with Crippen molar-refractivity contribution in [1.29, 1.82) is 0 Å². The summed E-state index contributed by atoms with van der Waals surface area (Å²) in [6.45, 7) is 2.48. The summed E-state index contributed by atoms with van der Waals surface area (Å²) in [4.78, 5) is 28.6. The van der Waals surface area contributed by atoms with Crippen LogP contribution >= 0.6 is 0 Å². The Balaban J connectivity index is 1.39. The van der Waals surface area contributed by atoms with E-state index in [1.54, 1.807) is 36.3 Å². The highest BCUT2D eigenvalue weighted by Gasteiger charge is 2.43. The number of sulfonamides is 1. The van der Waals surface area contributed by atoms with Gasteiger partial charge in [0, 0.05) is 19.6 Å². The Kier molecular flexibility index (Phi) is 9.80. The molecule has 5 rings (SSSR count). The number of rotatable bonds is 12. The number of nitrogens with two attached hydrogens (primary N) is 1. The molecule has 3 N–H and O–H groups in total. The van der Waals surface area contributed by atoms with E-state index in [1.807, 2.05) is 61.5 Å². The second-order valence-corrected chi connectivity index (χ2v) is 13.0. The number of hydrogen-bond acceptors (Lipinski definition) is 7. The molecule has 1 aliphatic heterocycles. The van der Waals surface area contributed by atoms with E-state index >= 15 is 0 Å². The van der Waals surface area contributed by atoms with E-state index in [1.165, 1.54) is 12.3 Å². The Hall–Kier alpha value is -4.74. The second-order valence-electron chi connectivity index (χ2n) is 11.1. The van der Waals surface area contributed by atoms with Crippen molar-refractivity contribution in [2.24, 2.45) is 10.9 Å². The first-order valence-corrected chi connectivity index (χ1v) is 16.1. The monoisotopic (exact) mass is 627 g/mol. The van der Waals surface area contributed by atoms with Crippen molar-refractivity contribution in [3.8, 4) is 5.75 Å². The van der Waals surface area contributed by atoms with Crippen molar-refractivity contribution >= 4 is 38.8 Å². The molecule has 11 heteroatoms. The van der Waals surface area contributed by atoms with Gasteiger partial charge in [0.25, 0.3) is 0 Å². The number of aryl methyl sites for hydroxylation is 1. The van der Waals surface area contributed by atoms with E-state index in [0.717, 1.165) is 31.9 Å². The molecule has 0 aromatic heterocycles. The number of fused-ring (bicyclic) bond motifs is 1. The normalized spacial score (nSPS) is 15.3. The molecule has 234 valence electrons. The predicted molar refractivity (Wildman–Crippen MR) is 174 cm³/mol. The van der Waals surface area contributed by atoms with Gasteiger partial charge in [0.1, 0.15) is 11.8 Å². The van der Waals surface area contributed by atoms with Crippen molar-refractivity contribution < 1.29 is 22.7 Å². The molecule has 1 aliphatic rings. The Bertz CT molecular complexity index is 1820. The summed E-state index contributed by atoms with van der Waals surface area (Å²) in [6, 6.07) is 24.6. The third-order valence-corrected chi connectivity index (χ3v) is 9.80. The molecule has 1 heterocycles. The average molecular weight is 628 g/mol. The molecule has 45 heavy (non-hydrogen) atoms. The lowest BCUT2D eigenvalue weighted by Crippen LogP contribution is -2.49. The summed E-state index contributed by atoms with van der Waals surface area (Å²) >= 11 is 0. The van der Waals surface area contributed by atoms with E-state index in [-0.39, 0.29) is 23.8 Å². The molecule has 0 bridgehead atoms. The van der Waals surface area contributed by atoms with Gasteiger partial charge in [0.2, 0.25) is 21.8 Å². The van der Waals surface area contributed by atoms with Gasteiger partial charge in [-0.25, -0.2) is 8.42 Å². The molecule has 0 unspecified atom stereocenters. The summed E-state index contributed by atoms with van der Waals surface area (Å²) in [5, 5.41) is 7.90. The van der Waals surface area contributed by atoms with E-state index in [2.05, 4.69) is 10.4 Å². The average Bonchev–Trinajstić information content (AvgIpc) is 3.39. The molecule has 4 aromatic carbocycles. The summed E-state index contributed by atoms with van der Waals surface area (Å²) in [7, 11) is -2.72. The maximum absolute atomic E-state index is 14.2. The first-order chi connectivity index (χ1) is 21.7. The first-order valence-electron chi connectivity index (χ1n) is 14.7. The maximum atomic E-state index is 14.2. The fourth-order valence-electron chi connectivity index (χ4n) is 5.51. The molecule has 1 atom stereocenters. The predicted octanol–water partition coefficient (Wildman–Crippen LogP) is 3.60. The minimum atomic E-state index is -4.26. The van der Waals surface area contributed by atoms with Crippen LogP contribution in [0.15, 0.2) is 94.9 Å². The highest BCUT2D eigenvalue weighted by Crippen LogP contribution is 2.29. The molecule has 0 saturated carbocycles. The van der Waals surface area contributed by atoms with Crippen molar-refractivity contribution in [3.05, 3.63) is 107 Å². The maximum Gasteiger partial charge on any atom is 0.244 e. The number of amides is 2. The van der Waals surface area contributed by atoms with Crippen LogP contribution in [0, 0.1) is 6.92 Å². The number of benzene rings is 4. The molecular weight excluding hydrogens is 590 g/mol. The van der Waals surface area contributed by atoms with Crippen molar-refractivity contribution in [2.75, 3.05) is 26.7 Å². The van der Waals surface area contributed by atoms with Gasteiger partial charge < -0.3 is 20.8 Å². The van der Waals surface area contributed by atoms with E-state index in [0.29, 0.717) is 30.6 Å². The highest BCUT2D eigenvalue weighted by molar-refractivity contribution is 7.89. The fourth-order valence-corrected chi connectivity index (χ4v) is 7.12. The minimum Gasteiger partial charge on any atom is -0.497 e. The molecule has 1 fully saturated rings. The highest BCUT2D eigenvalue weighted by atomic mass is 32.2. The van der Waals surface area contributed by atoms with Crippen LogP contribution in [-0.2, 0) is 32.6 Å². The number of methoxy groups -OCH3 is 1. The molecule has 0 spiro atoms. The number of carbonyl (C=O) groups excluding carboxylic acids is 2. The number of likely N-dealkylation sites (tertiary alicyclic amines) is 1. The lowest BCUT2D eigenvalue weighted by molar-refractivity contribution is -0.131. The van der Waals surface area contributed by atoms with Gasteiger partial charge in [-0.1, -0.05) is 60.2 Å². The van der Waals surface area contributed by atoms with Gasteiger partial charge in [-0.05, 0) is 77.6 Å². The van der Waals surface area contributed by atoms with E-state index in [4.69, 9.17) is 10.6 Å². The van der Waals surface area contributed by atoms with E-state index in [9.17, 15) is 18.0 Å². The molecule has 10 nitrogen and oxygen atoms in total. The Morgan fingerprint density at radius 1 is 1.04 bits per heavy atom. The zero-order chi connectivity index (χ0) is 32.0. The fraction of sp³-hybridized carbons (Fsp3) is 0.265. The third kappa shape index (κ3) is 7.50. The summed E-state index contributed by atoms with van der Waals surface area (Å²) in [5.74, 6) is 5.04. The Morgan fingerprint density at radius 2 is 1.82 bits per heavy atom. The zero-order valence-corrected chi connectivity index (χ0v) is 26.2. The molecule has 4 aromatic rings. The molecule has 0 aliphatic carbocycles. The summed E-state index contributed by atoms with van der Waals surface area (Å²) in [5.41, 5.74) is 3.84. The molecule has 1 saturated heterocycles. The van der Waals surface area contributed by atoms with Crippen LogP contribution in [0.2, 0.25) is 0 Å². The number of nitrogens with zero attached hydrogens (tertiary/aromatic N) is 3. The van der Waals surface area contributed by atoms with Crippen LogP contribution in [-0.4, -0.2) is 68.4 Å². The SMILES string of the molecule is COc1ccc2ccc(S(=O)(=O)N(CC(=O)NCCc3ccc(C)cc3)[C@H]3CCN(Cc4cccc(C=NN)c4)C3=O)cc2c1. The van der Waals surface area contributed by atoms with Gasteiger partial charge in [-0.15, -0.1) is 0 Å². The van der Waals surface area contributed by atoms with Gasteiger partial charge >= 0.3 is 0 Å². The van der Waals surface area contributed by atoms with Crippen molar-refractivity contribution in [2.45, 2.75) is 37.2 Å². The van der Waals surface area contributed by atoms with Crippen LogP contribution in [0.5, 0.6) is 5.75 Å². The quantitative estimate of drug-likeness (QED) is 0.140. The lowest BCUT2D eigenvalue weighted by atomic mass is 10.1. The number of nitrogens with one attached hydrogen (secondary N) is 1. The number of hydrazone groups is 1. The molecular formula is C34H37N5O5S. The minimum absolute atomic E-state index is 0.00395. The lowest BCUT2D eigenvalue weighted by Gasteiger charge is -2.27. The Labute approximate surface area is 263 Å². The van der Waals surface area contributed by atoms with Crippen LogP contribution in [0.25, 0.3) is 10.8 Å². The van der Waals surface area contributed by atoms with Gasteiger partial charge in [-0.2, -0.15) is 9.41 Å². The number of hydrogen-bond donors (Lipinski definition) is 2. The molecule has 2 amide bonds. The van der Waals surface area contributed by atoms with Gasteiger partial charge in [0.15, 0.2) is 0 Å². The van der Waals surface area contributed by atoms with E-state index < -0.39 is 28.5 Å². The first kappa shape index (κ1) is 31.7. The van der Waals surface area contributed by atoms with Crippen molar-refractivity contribution in [1.82, 2.24) is 14.5 Å². The van der Waals surface area contributed by atoms with Gasteiger partial charge in [0.05, 0.1) is 24.8 Å². The molecule has 0 radical (unpaired) electrons. The van der Waals surface area contributed by atoms with Crippen LogP contribution in [0.1, 0.15) is 28.7 Å². The van der Waals surface area contributed by atoms with Crippen LogP contribution in [0.3, 0.4) is 0 Å². The second kappa shape index (κ2) is 13.9. The summed E-state index contributed by atoms with van der Waals surface area (Å²) in [6.07, 6.45) is 2.36. The topological polar surface area (TPSA) is 134 Å². The number of carbonyl (C=O) groups is 2. The van der Waals surface area contributed by atoms with Crippen LogP contribution in [0.4, 0.5) is 0 Å². The van der Waals surface area contributed by atoms with Crippen molar-refractivity contribution in [3.63, 3.8) is 0 Å². The van der Waals surface area contributed by atoms with Gasteiger partial charge in [-0.3, -0.25) is 9.59 Å².